The van der Waals surface area contributed by atoms with Crippen LogP contribution >= 0.6 is 11.6 Å². The summed E-state index contributed by atoms with van der Waals surface area (Å²) in [4.78, 5) is 0. The lowest BCUT2D eigenvalue weighted by molar-refractivity contribution is 0.741. The lowest BCUT2D eigenvalue weighted by Crippen LogP contribution is -2.42. The summed E-state index contributed by atoms with van der Waals surface area (Å²) in [5.41, 5.74) is 2.63. The number of allylic oxidation sites excluding steroid dienone is 1. The molecule has 0 bridgehead atoms. The normalized spacial score (nSPS) is 12.9. The van der Waals surface area contributed by atoms with Crippen molar-refractivity contribution in [1.82, 2.24) is 0 Å². The maximum Gasteiger partial charge on any atom is 0.0812 e. The first kappa shape index (κ1) is 17.0. The van der Waals surface area contributed by atoms with Crippen LogP contribution in [0, 0.1) is 0 Å². The predicted octanol–water partition coefficient (Wildman–Crippen LogP) is 6.01. The standard InChI is InChI=1S/C20H25ClSi/c1-16(2)14-18(17-10-12-19(21)13-11-17)15-22(3,4)20-8-6-5-7-9-20/h5-13,18H,1,14-15H2,2-4H3. The monoisotopic (exact) mass is 328 g/mol. The van der Waals surface area contributed by atoms with Crippen molar-refractivity contribution in [3.63, 3.8) is 0 Å². The van der Waals surface area contributed by atoms with E-state index in [0.29, 0.717) is 5.92 Å². The molecule has 0 nitrogen and oxygen atoms in total. The van der Waals surface area contributed by atoms with Gasteiger partial charge in [-0.1, -0.05) is 77.9 Å². The second kappa shape index (κ2) is 7.30. The summed E-state index contributed by atoms with van der Waals surface area (Å²) in [6.45, 7) is 11.2. The van der Waals surface area contributed by atoms with E-state index in [0.717, 1.165) is 11.4 Å². The van der Waals surface area contributed by atoms with Gasteiger partial charge in [-0.15, -0.1) is 6.58 Å². The van der Waals surface area contributed by atoms with E-state index in [4.69, 9.17) is 11.6 Å². The van der Waals surface area contributed by atoms with Crippen LogP contribution < -0.4 is 5.19 Å². The minimum absolute atomic E-state index is 0.525. The molecule has 116 valence electrons. The molecule has 0 fully saturated rings. The summed E-state index contributed by atoms with van der Waals surface area (Å²) in [6, 6.07) is 20.5. The highest BCUT2D eigenvalue weighted by Gasteiger charge is 2.28. The van der Waals surface area contributed by atoms with Crippen molar-refractivity contribution in [2.75, 3.05) is 0 Å². The first-order chi connectivity index (χ1) is 10.4. The van der Waals surface area contributed by atoms with Crippen molar-refractivity contribution in [1.29, 1.82) is 0 Å². The molecule has 0 N–H and O–H groups in total. The first-order valence-electron chi connectivity index (χ1n) is 7.84. The van der Waals surface area contributed by atoms with Gasteiger partial charge in [0.15, 0.2) is 0 Å². The Morgan fingerprint density at radius 2 is 1.64 bits per heavy atom. The summed E-state index contributed by atoms with van der Waals surface area (Å²) < 4.78 is 0. The molecule has 1 unspecified atom stereocenters. The van der Waals surface area contributed by atoms with E-state index >= 15 is 0 Å². The third-order valence-electron chi connectivity index (χ3n) is 4.25. The molecule has 1 atom stereocenters. The molecule has 0 heterocycles. The molecule has 0 aromatic heterocycles. The summed E-state index contributed by atoms with van der Waals surface area (Å²) in [7, 11) is -1.48. The molecule has 0 aliphatic heterocycles. The highest BCUT2D eigenvalue weighted by molar-refractivity contribution is 6.89. The van der Waals surface area contributed by atoms with Crippen molar-refractivity contribution in [3.05, 3.63) is 77.3 Å². The Morgan fingerprint density at radius 1 is 1.05 bits per heavy atom. The lowest BCUT2D eigenvalue weighted by Gasteiger charge is -2.29. The van der Waals surface area contributed by atoms with Crippen LogP contribution in [0.4, 0.5) is 0 Å². The summed E-state index contributed by atoms with van der Waals surface area (Å²) in [5, 5.41) is 2.33. The van der Waals surface area contributed by atoms with Gasteiger partial charge >= 0.3 is 0 Å². The number of hydrogen-bond acceptors (Lipinski definition) is 0. The molecule has 0 amide bonds. The van der Waals surface area contributed by atoms with Crippen molar-refractivity contribution >= 4 is 24.9 Å². The Bertz CT molecular complexity index is 614. The van der Waals surface area contributed by atoms with Crippen molar-refractivity contribution in [2.45, 2.75) is 38.4 Å². The van der Waals surface area contributed by atoms with Gasteiger partial charge in [-0.2, -0.15) is 0 Å². The fourth-order valence-electron chi connectivity index (χ4n) is 3.09. The fraction of sp³-hybridized carbons (Fsp3) is 0.300. The molecule has 0 radical (unpaired) electrons. The molecule has 2 aromatic rings. The Kier molecular flexibility index (Phi) is 5.66. The van der Waals surface area contributed by atoms with Gasteiger partial charge in [0.2, 0.25) is 0 Å². The zero-order valence-corrected chi connectivity index (χ0v) is 15.5. The summed E-state index contributed by atoms with van der Waals surface area (Å²) >= 11 is 6.04. The van der Waals surface area contributed by atoms with Gasteiger partial charge in [0.1, 0.15) is 0 Å². The van der Waals surface area contributed by atoms with E-state index in [2.05, 4.69) is 69.1 Å². The minimum Gasteiger partial charge on any atom is -0.100 e. The number of halogens is 1. The van der Waals surface area contributed by atoms with Crippen molar-refractivity contribution in [3.8, 4) is 0 Å². The first-order valence-corrected chi connectivity index (χ1v) is 11.4. The summed E-state index contributed by atoms with van der Waals surface area (Å²) in [5.74, 6) is 0.525. The van der Waals surface area contributed by atoms with Gasteiger partial charge in [-0.25, -0.2) is 0 Å². The molecule has 22 heavy (non-hydrogen) atoms. The second-order valence-electron chi connectivity index (χ2n) is 6.86. The Labute approximate surface area is 140 Å². The number of benzene rings is 2. The molecule has 0 saturated heterocycles. The topological polar surface area (TPSA) is 0 Å². The molecule has 0 spiro atoms. The second-order valence-corrected chi connectivity index (χ2v) is 12.1. The smallest absolute Gasteiger partial charge is 0.0812 e. The lowest BCUT2D eigenvalue weighted by atomic mass is 9.94. The van der Waals surface area contributed by atoms with E-state index in [1.54, 1.807) is 0 Å². The van der Waals surface area contributed by atoms with Crippen LogP contribution in [-0.2, 0) is 0 Å². The van der Waals surface area contributed by atoms with Gasteiger partial charge < -0.3 is 0 Å². The van der Waals surface area contributed by atoms with Crippen LogP contribution in [0.2, 0.25) is 24.2 Å². The third kappa shape index (κ3) is 4.59. The molecular formula is C20H25ClSi. The number of rotatable bonds is 6. The average molecular weight is 329 g/mol. The van der Waals surface area contributed by atoms with Gasteiger partial charge in [-0.3, -0.25) is 0 Å². The largest absolute Gasteiger partial charge is 0.100 e. The van der Waals surface area contributed by atoms with Crippen LogP contribution in [0.1, 0.15) is 24.8 Å². The molecule has 0 aliphatic carbocycles. The maximum atomic E-state index is 6.04. The van der Waals surface area contributed by atoms with E-state index in [-0.39, 0.29) is 0 Å². The molecule has 2 rings (SSSR count). The van der Waals surface area contributed by atoms with Crippen LogP contribution in [0.3, 0.4) is 0 Å². The van der Waals surface area contributed by atoms with Crippen LogP contribution in [0.15, 0.2) is 66.7 Å². The highest BCUT2D eigenvalue weighted by Crippen LogP contribution is 2.32. The molecule has 0 saturated carbocycles. The van der Waals surface area contributed by atoms with Crippen molar-refractivity contribution < 1.29 is 0 Å². The van der Waals surface area contributed by atoms with E-state index in [9.17, 15) is 0 Å². The van der Waals surface area contributed by atoms with Gasteiger partial charge in [-0.05, 0) is 43.0 Å². The van der Waals surface area contributed by atoms with Crippen LogP contribution in [0.5, 0.6) is 0 Å². The summed E-state index contributed by atoms with van der Waals surface area (Å²) in [6.07, 6.45) is 1.05. The SMILES string of the molecule is C=C(C)CC(C[Si](C)(C)c1ccccc1)c1ccc(Cl)cc1. The quantitative estimate of drug-likeness (QED) is 0.450. The average Bonchev–Trinajstić information content (AvgIpc) is 2.47. The van der Waals surface area contributed by atoms with Crippen LogP contribution in [0.25, 0.3) is 0 Å². The fourth-order valence-corrected chi connectivity index (χ4v) is 6.16. The van der Waals surface area contributed by atoms with E-state index in [1.807, 2.05) is 12.1 Å². The maximum absolute atomic E-state index is 6.04. The predicted molar refractivity (Wildman–Crippen MR) is 102 cm³/mol. The van der Waals surface area contributed by atoms with E-state index in [1.165, 1.54) is 22.4 Å². The molecular weight excluding hydrogens is 304 g/mol. The highest BCUT2D eigenvalue weighted by atomic mass is 35.5. The Hall–Kier alpha value is -1.31. The molecule has 2 aromatic carbocycles. The molecule has 0 aliphatic rings. The number of hydrogen-bond donors (Lipinski definition) is 0. The van der Waals surface area contributed by atoms with Crippen LogP contribution in [-0.4, -0.2) is 8.07 Å². The Balaban J connectivity index is 2.26. The van der Waals surface area contributed by atoms with Gasteiger partial charge in [0.05, 0.1) is 8.07 Å². The van der Waals surface area contributed by atoms with E-state index < -0.39 is 8.07 Å². The Morgan fingerprint density at radius 3 is 2.18 bits per heavy atom. The third-order valence-corrected chi connectivity index (χ3v) is 7.91. The zero-order chi connectivity index (χ0) is 16.2. The molecule has 2 heteroatoms. The van der Waals surface area contributed by atoms with Gasteiger partial charge in [0, 0.05) is 5.02 Å². The van der Waals surface area contributed by atoms with Gasteiger partial charge in [0.25, 0.3) is 0 Å². The van der Waals surface area contributed by atoms with Crippen molar-refractivity contribution in [2.24, 2.45) is 0 Å². The minimum atomic E-state index is -1.48. The zero-order valence-electron chi connectivity index (χ0n) is 13.8.